The van der Waals surface area contributed by atoms with E-state index in [1.54, 1.807) is 18.2 Å². The lowest BCUT2D eigenvalue weighted by Crippen LogP contribution is -2.22. The van der Waals surface area contributed by atoms with Crippen LogP contribution in [-0.2, 0) is 14.8 Å². The van der Waals surface area contributed by atoms with E-state index >= 15 is 0 Å². The van der Waals surface area contributed by atoms with Crippen LogP contribution >= 0.6 is 0 Å². The molecule has 0 radical (unpaired) electrons. The second kappa shape index (κ2) is 13.1. The van der Waals surface area contributed by atoms with Gasteiger partial charge in [0.1, 0.15) is 11.2 Å². The number of esters is 1. The fourth-order valence-electron chi connectivity index (χ4n) is 4.63. The first-order valence-electron chi connectivity index (χ1n) is 13.3. The van der Waals surface area contributed by atoms with Crippen LogP contribution < -0.4 is 5.32 Å². The summed E-state index contributed by atoms with van der Waals surface area (Å²) in [6.45, 7) is 6.66. The number of unbranched alkanes of at least 4 members (excludes halogenated alkanes) is 8. The van der Waals surface area contributed by atoms with Gasteiger partial charge >= 0.3 is 5.97 Å². The van der Waals surface area contributed by atoms with Gasteiger partial charge in [-0.2, -0.15) is 0 Å². The van der Waals surface area contributed by atoms with Crippen molar-refractivity contribution in [3.63, 3.8) is 0 Å². The molecule has 1 aliphatic rings. The van der Waals surface area contributed by atoms with E-state index in [9.17, 15) is 13.2 Å². The molecule has 1 aliphatic heterocycles. The maximum absolute atomic E-state index is 13.0. The van der Waals surface area contributed by atoms with Crippen LogP contribution in [0.15, 0.2) is 29.4 Å². The molecule has 7 nitrogen and oxygen atoms in total. The van der Waals surface area contributed by atoms with Crippen molar-refractivity contribution in [1.29, 1.82) is 0 Å². The Hall–Kier alpha value is -2.35. The average molecular weight is 504 g/mol. The number of aryl methyl sites for hydroxylation is 1. The van der Waals surface area contributed by atoms with Crippen molar-refractivity contribution in [2.75, 3.05) is 11.9 Å². The SMILES string of the molecule is CCCCCCCCC(CCCCCC)COC(=O)c1ncn2c1Nc1cc(C)ccc1S2(=O)=O. The first-order chi connectivity index (χ1) is 16.9. The smallest absolute Gasteiger partial charge is 0.360 e. The highest BCUT2D eigenvalue weighted by Gasteiger charge is 2.33. The lowest BCUT2D eigenvalue weighted by molar-refractivity contribution is 0.0417. The molecule has 0 amide bonds. The summed E-state index contributed by atoms with van der Waals surface area (Å²) in [7, 11) is -3.82. The van der Waals surface area contributed by atoms with Gasteiger partial charge in [0.05, 0.1) is 12.3 Å². The minimum absolute atomic E-state index is 0.00466. The monoisotopic (exact) mass is 503 g/mol. The Kier molecular flexibility index (Phi) is 10.2. The van der Waals surface area contributed by atoms with Gasteiger partial charge in [0, 0.05) is 0 Å². The van der Waals surface area contributed by atoms with Crippen LogP contribution in [0.2, 0.25) is 0 Å². The second-order valence-corrected chi connectivity index (χ2v) is 11.5. The number of benzene rings is 1. The fourth-order valence-corrected chi connectivity index (χ4v) is 6.01. The van der Waals surface area contributed by atoms with Crippen LogP contribution in [0, 0.1) is 12.8 Å². The Labute approximate surface area is 210 Å². The zero-order valence-corrected chi connectivity index (χ0v) is 22.3. The van der Waals surface area contributed by atoms with E-state index in [0.29, 0.717) is 18.2 Å². The molecule has 3 rings (SSSR count). The number of imidazole rings is 1. The van der Waals surface area contributed by atoms with Gasteiger partial charge in [-0.05, 0) is 43.4 Å². The maximum Gasteiger partial charge on any atom is 0.360 e. The first kappa shape index (κ1) is 27.2. The number of rotatable bonds is 15. The summed E-state index contributed by atoms with van der Waals surface area (Å²) < 4.78 is 32.8. The Morgan fingerprint density at radius 3 is 2.31 bits per heavy atom. The fraction of sp³-hybridized carbons (Fsp3) is 0.630. The maximum atomic E-state index is 13.0. The van der Waals surface area contributed by atoms with E-state index < -0.39 is 16.0 Å². The molecule has 194 valence electrons. The molecule has 1 N–H and O–H groups in total. The molecular formula is C27H41N3O4S. The lowest BCUT2D eigenvalue weighted by atomic mass is 9.95. The molecule has 0 spiro atoms. The van der Waals surface area contributed by atoms with Crippen molar-refractivity contribution >= 4 is 27.5 Å². The largest absolute Gasteiger partial charge is 0.461 e. The molecule has 0 fully saturated rings. The first-order valence-corrected chi connectivity index (χ1v) is 14.7. The van der Waals surface area contributed by atoms with Crippen molar-refractivity contribution in [2.45, 2.75) is 103 Å². The van der Waals surface area contributed by atoms with Gasteiger partial charge in [-0.1, -0.05) is 84.1 Å². The van der Waals surface area contributed by atoms with Crippen molar-refractivity contribution in [3.8, 4) is 0 Å². The normalized spacial score (nSPS) is 14.6. The summed E-state index contributed by atoms with van der Waals surface area (Å²) in [4.78, 5) is 17.2. The van der Waals surface area contributed by atoms with Crippen LogP contribution in [-0.4, -0.2) is 30.0 Å². The highest BCUT2D eigenvalue weighted by molar-refractivity contribution is 7.90. The van der Waals surface area contributed by atoms with E-state index in [1.165, 1.54) is 57.7 Å². The number of hydrogen-bond acceptors (Lipinski definition) is 6. The Balaban J connectivity index is 1.63. The van der Waals surface area contributed by atoms with Crippen LogP contribution in [0.3, 0.4) is 0 Å². The summed E-state index contributed by atoms with van der Waals surface area (Å²) in [6, 6.07) is 5.07. The van der Waals surface area contributed by atoms with Crippen LogP contribution in [0.1, 0.15) is 107 Å². The van der Waals surface area contributed by atoms with Gasteiger partial charge in [-0.15, -0.1) is 0 Å². The molecule has 1 unspecified atom stereocenters. The summed E-state index contributed by atoms with van der Waals surface area (Å²) in [5, 5.41) is 3.08. The van der Waals surface area contributed by atoms with Gasteiger partial charge in [0.2, 0.25) is 0 Å². The van der Waals surface area contributed by atoms with Gasteiger partial charge < -0.3 is 10.1 Å². The minimum Gasteiger partial charge on any atom is -0.461 e. The number of carbonyl (C=O) groups excluding carboxylic acids is 1. The van der Waals surface area contributed by atoms with Crippen LogP contribution in [0.25, 0.3) is 0 Å². The molecule has 35 heavy (non-hydrogen) atoms. The molecule has 1 aromatic carbocycles. The highest BCUT2D eigenvalue weighted by atomic mass is 32.2. The van der Waals surface area contributed by atoms with Crippen molar-refractivity contribution in [1.82, 2.24) is 8.96 Å². The number of fused-ring (bicyclic) bond motifs is 2. The van der Waals surface area contributed by atoms with E-state index in [-0.39, 0.29) is 16.4 Å². The van der Waals surface area contributed by atoms with Crippen molar-refractivity contribution in [3.05, 3.63) is 35.8 Å². The average Bonchev–Trinajstić information content (AvgIpc) is 3.26. The third kappa shape index (κ3) is 7.09. The van der Waals surface area contributed by atoms with Crippen LogP contribution in [0.5, 0.6) is 0 Å². The topological polar surface area (TPSA) is 90.3 Å². The number of carbonyl (C=O) groups is 1. The van der Waals surface area contributed by atoms with Gasteiger partial charge in [-0.25, -0.2) is 22.2 Å². The Morgan fingerprint density at radius 2 is 1.63 bits per heavy atom. The highest BCUT2D eigenvalue weighted by Crippen LogP contribution is 2.36. The predicted molar refractivity (Wildman–Crippen MR) is 140 cm³/mol. The van der Waals surface area contributed by atoms with E-state index in [4.69, 9.17) is 4.74 Å². The van der Waals surface area contributed by atoms with Crippen molar-refractivity contribution in [2.24, 2.45) is 5.92 Å². The molecule has 1 aromatic heterocycles. The molecule has 0 aliphatic carbocycles. The van der Waals surface area contributed by atoms with E-state index in [0.717, 1.165) is 35.2 Å². The summed E-state index contributed by atoms with van der Waals surface area (Å²) >= 11 is 0. The molecule has 0 saturated carbocycles. The zero-order chi connectivity index (χ0) is 25.3. The standard InChI is InChI=1S/C27H41N3O4S/c1-4-6-8-10-11-13-15-22(14-12-9-7-5-2)19-34-27(31)25-26-29-23-18-21(3)16-17-24(23)35(32,33)30(26)20-28-25/h16-18,20,22,29H,4-15,19H2,1-3H3. The number of hydrogen-bond donors (Lipinski definition) is 1. The third-order valence-corrected chi connectivity index (χ3v) is 8.44. The predicted octanol–water partition coefficient (Wildman–Crippen LogP) is 6.98. The van der Waals surface area contributed by atoms with Gasteiger partial charge in [0.25, 0.3) is 10.0 Å². The Bertz CT molecular complexity index is 1080. The molecule has 0 bridgehead atoms. The number of ether oxygens (including phenoxy) is 1. The van der Waals surface area contributed by atoms with E-state index in [2.05, 4.69) is 24.1 Å². The number of nitrogens with zero attached hydrogens (tertiary/aromatic N) is 2. The Morgan fingerprint density at radius 1 is 1.00 bits per heavy atom. The second-order valence-electron chi connectivity index (χ2n) is 9.74. The number of anilines is 2. The van der Waals surface area contributed by atoms with Crippen molar-refractivity contribution < 1.29 is 17.9 Å². The molecular weight excluding hydrogens is 462 g/mol. The zero-order valence-electron chi connectivity index (χ0n) is 21.5. The minimum atomic E-state index is -3.82. The van der Waals surface area contributed by atoms with Gasteiger partial charge in [0.15, 0.2) is 11.5 Å². The summed E-state index contributed by atoms with van der Waals surface area (Å²) in [5.74, 6) is -0.122. The molecule has 2 aromatic rings. The molecule has 8 heteroatoms. The lowest BCUT2D eigenvalue weighted by Gasteiger charge is -2.21. The molecule has 0 saturated heterocycles. The van der Waals surface area contributed by atoms with Crippen LogP contribution in [0.4, 0.5) is 11.5 Å². The quantitative estimate of drug-likeness (QED) is 0.178. The number of nitrogens with one attached hydrogen (secondary N) is 1. The molecule has 1 atom stereocenters. The third-order valence-electron chi connectivity index (χ3n) is 6.74. The summed E-state index contributed by atoms with van der Waals surface area (Å²) in [6.07, 6.45) is 15.5. The van der Waals surface area contributed by atoms with Gasteiger partial charge in [-0.3, -0.25) is 0 Å². The van der Waals surface area contributed by atoms with E-state index in [1.807, 2.05) is 6.92 Å². The molecule has 2 heterocycles. The summed E-state index contributed by atoms with van der Waals surface area (Å²) in [5.41, 5.74) is 1.37. The number of aromatic nitrogens is 2.